The Kier molecular flexibility index (Phi) is 4.11. The van der Waals surface area contributed by atoms with E-state index in [1.807, 2.05) is 12.1 Å². The second kappa shape index (κ2) is 6.37. The van der Waals surface area contributed by atoms with Crippen LogP contribution in [0.1, 0.15) is 0 Å². The molecular weight excluding hydrogens is 308 g/mol. The van der Waals surface area contributed by atoms with Crippen molar-refractivity contribution in [3.8, 4) is 34.0 Å². The van der Waals surface area contributed by atoms with Crippen LogP contribution in [0.5, 0.6) is 11.5 Å². The van der Waals surface area contributed by atoms with Crippen molar-refractivity contribution in [3.63, 3.8) is 0 Å². The van der Waals surface area contributed by atoms with Crippen molar-refractivity contribution >= 4 is 11.6 Å². The lowest BCUT2D eigenvalue weighted by molar-refractivity contribution is 0.405. The Morgan fingerprint density at radius 1 is 0.667 bits per heavy atom. The zero-order valence-corrected chi connectivity index (χ0v) is 13.2. The summed E-state index contributed by atoms with van der Waals surface area (Å²) in [5.41, 5.74) is 13.9. The minimum absolute atomic E-state index is 0.346. The van der Waals surface area contributed by atoms with Gasteiger partial charge < -0.3 is 20.9 Å². The summed E-state index contributed by atoms with van der Waals surface area (Å²) < 4.78 is 11.0. The van der Waals surface area contributed by atoms with E-state index in [0.717, 1.165) is 11.1 Å². The minimum atomic E-state index is 0.346. The molecule has 0 atom stereocenters. The van der Waals surface area contributed by atoms with E-state index >= 15 is 0 Å². The van der Waals surface area contributed by atoms with E-state index in [2.05, 4.69) is 19.9 Å². The third kappa shape index (κ3) is 2.89. The van der Waals surface area contributed by atoms with Crippen LogP contribution in [-0.2, 0) is 0 Å². The molecule has 0 saturated heterocycles. The zero-order valence-electron chi connectivity index (χ0n) is 13.2. The first-order valence-electron chi connectivity index (χ1n) is 7.04. The lowest BCUT2D eigenvalue weighted by atomic mass is 10.0. The topological polar surface area (TPSA) is 122 Å². The molecule has 0 aliphatic heterocycles. The number of ether oxygens (including phenoxy) is 2. The Bertz CT molecular complexity index is 776. The van der Waals surface area contributed by atoms with Gasteiger partial charge in [-0.15, -0.1) is 0 Å². The number of methoxy groups -OCH3 is 2. The van der Waals surface area contributed by atoms with Gasteiger partial charge in [0, 0.05) is 11.1 Å². The van der Waals surface area contributed by atoms with E-state index in [1.54, 1.807) is 26.6 Å². The predicted molar refractivity (Wildman–Crippen MR) is 90.4 cm³/mol. The summed E-state index contributed by atoms with van der Waals surface area (Å²) >= 11 is 0. The van der Waals surface area contributed by atoms with Gasteiger partial charge in [-0.25, -0.2) is 9.97 Å². The maximum Gasteiger partial charge on any atom is 0.141 e. The molecule has 0 spiro atoms. The highest BCUT2D eigenvalue weighted by Gasteiger charge is 2.16. The predicted octanol–water partition coefficient (Wildman–Crippen LogP) is 1.78. The highest BCUT2D eigenvalue weighted by atomic mass is 16.5. The highest BCUT2D eigenvalue weighted by Crippen LogP contribution is 2.39. The van der Waals surface area contributed by atoms with Crippen LogP contribution in [0.2, 0.25) is 0 Å². The van der Waals surface area contributed by atoms with E-state index in [1.165, 1.54) is 12.4 Å². The Morgan fingerprint density at radius 3 is 1.38 bits per heavy atom. The van der Waals surface area contributed by atoms with Crippen molar-refractivity contribution in [2.75, 3.05) is 25.7 Å². The van der Waals surface area contributed by atoms with Crippen LogP contribution < -0.4 is 20.9 Å². The average molecular weight is 324 g/mol. The van der Waals surface area contributed by atoms with Crippen molar-refractivity contribution < 1.29 is 9.47 Å². The quantitative estimate of drug-likeness (QED) is 0.744. The Labute approximate surface area is 138 Å². The fraction of sp³-hybridized carbons (Fsp3) is 0.125. The molecule has 8 nitrogen and oxygen atoms in total. The van der Waals surface area contributed by atoms with E-state index in [-0.39, 0.29) is 0 Å². The van der Waals surface area contributed by atoms with Gasteiger partial charge in [-0.05, 0) is 12.1 Å². The van der Waals surface area contributed by atoms with Crippen molar-refractivity contribution in [2.24, 2.45) is 0 Å². The number of benzene rings is 1. The van der Waals surface area contributed by atoms with Crippen LogP contribution in [0.15, 0.2) is 36.9 Å². The third-order valence-corrected chi connectivity index (χ3v) is 3.42. The van der Waals surface area contributed by atoms with Crippen molar-refractivity contribution in [1.29, 1.82) is 0 Å². The molecule has 3 aromatic rings. The average Bonchev–Trinajstić information content (AvgIpc) is 2.62. The first-order chi connectivity index (χ1) is 11.6. The molecule has 3 rings (SSSR count). The summed E-state index contributed by atoms with van der Waals surface area (Å²) in [6.07, 6.45) is 6.13. The van der Waals surface area contributed by atoms with E-state index < -0.39 is 0 Å². The van der Waals surface area contributed by atoms with Crippen molar-refractivity contribution in [1.82, 2.24) is 19.9 Å². The van der Waals surface area contributed by atoms with Gasteiger partial charge in [0.25, 0.3) is 0 Å². The van der Waals surface area contributed by atoms with Gasteiger partial charge in [-0.2, -0.15) is 0 Å². The summed E-state index contributed by atoms with van der Waals surface area (Å²) in [6, 6.07) is 3.62. The smallest absolute Gasteiger partial charge is 0.141 e. The van der Waals surface area contributed by atoms with E-state index in [9.17, 15) is 0 Å². The van der Waals surface area contributed by atoms with E-state index in [0.29, 0.717) is 34.5 Å². The summed E-state index contributed by atoms with van der Waals surface area (Å²) in [4.78, 5) is 16.7. The van der Waals surface area contributed by atoms with Gasteiger partial charge in [-0.1, -0.05) is 0 Å². The molecule has 24 heavy (non-hydrogen) atoms. The molecule has 4 N–H and O–H groups in total. The van der Waals surface area contributed by atoms with Gasteiger partial charge in [0.15, 0.2) is 0 Å². The molecule has 0 saturated carbocycles. The fourth-order valence-electron chi connectivity index (χ4n) is 2.25. The van der Waals surface area contributed by atoms with Crippen molar-refractivity contribution in [3.05, 3.63) is 36.9 Å². The summed E-state index contributed by atoms with van der Waals surface area (Å²) in [7, 11) is 3.16. The molecule has 2 heterocycles. The summed E-state index contributed by atoms with van der Waals surface area (Å²) in [5, 5.41) is 0. The monoisotopic (exact) mass is 324 g/mol. The minimum Gasteiger partial charge on any atom is -0.496 e. The number of hydrogen-bond donors (Lipinski definition) is 2. The second-order valence-corrected chi connectivity index (χ2v) is 4.91. The lowest BCUT2D eigenvalue weighted by Gasteiger charge is -2.14. The van der Waals surface area contributed by atoms with Crippen LogP contribution >= 0.6 is 0 Å². The van der Waals surface area contributed by atoms with Crippen LogP contribution in [-0.4, -0.2) is 34.2 Å². The first kappa shape index (κ1) is 15.5. The Hall–Kier alpha value is -3.42. The number of anilines is 2. The molecule has 2 aromatic heterocycles. The van der Waals surface area contributed by atoms with Gasteiger partial charge in [0.05, 0.1) is 50.4 Å². The highest BCUT2D eigenvalue weighted by molar-refractivity contribution is 5.78. The molecule has 0 bridgehead atoms. The van der Waals surface area contributed by atoms with Crippen LogP contribution in [0.25, 0.3) is 22.5 Å². The lowest BCUT2D eigenvalue weighted by Crippen LogP contribution is -1.98. The first-order valence-corrected chi connectivity index (χ1v) is 7.04. The number of rotatable bonds is 4. The fourth-order valence-corrected chi connectivity index (χ4v) is 2.25. The molecule has 0 unspecified atom stereocenters. The van der Waals surface area contributed by atoms with Gasteiger partial charge in [0.2, 0.25) is 0 Å². The SMILES string of the molecule is COc1cc(-c2cnc(N)cn2)c(OC)cc1-c1cnc(N)cn1. The summed E-state index contributed by atoms with van der Waals surface area (Å²) in [5.74, 6) is 1.89. The molecule has 0 radical (unpaired) electrons. The molecule has 122 valence electrons. The van der Waals surface area contributed by atoms with Crippen LogP contribution in [0, 0.1) is 0 Å². The number of nitrogens with two attached hydrogens (primary N) is 2. The molecule has 0 fully saturated rings. The second-order valence-electron chi connectivity index (χ2n) is 4.91. The number of nitrogens with zero attached hydrogens (tertiary/aromatic N) is 4. The largest absolute Gasteiger partial charge is 0.496 e. The molecule has 1 aromatic carbocycles. The normalized spacial score (nSPS) is 10.4. The van der Waals surface area contributed by atoms with Gasteiger partial charge >= 0.3 is 0 Å². The molecule has 0 amide bonds. The molecule has 0 aliphatic rings. The molecular formula is C16H16N6O2. The molecule has 0 aliphatic carbocycles. The Morgan fingerprint density at radius 2 is 1.08 bits per heavy atom. The van der Waals surface area contributed by atoms with E-state index in [4.69, 9.17) is 20.9 Å². The number of nitrogen functional groups attached to an aromatic ring is 2. The summed E-state index contributed by atoms with van der Waals surface area (Å²) in [6.45, 7) is 0. The maximum atomic E-state index is 5.59. The zero-order chi connectivity index (χ0) is 17.1. The third-order valence-electron chi connectivity index (χ3n) is 3.42. The Balaban J connectivity index is 2.16. The standard InChI is InChI=1S/C16H16N6O2/c1-23-13-3-10(12-6-22-16(18)8-20-12)14(24-2)4-9(13)11-5-21-15(17)7-19-11/h3-8H,1-2H3,(H2,17,21)(H2,18,22). The number of aromatic nitrogens is 4. The van der Waals surface area contributed by atoms with Crippen molar-refractivity contribution in [2.45, 2.75) is 0 Å². The van der Waals surface area contributed by atoms with Crippen LogP contribution in [0.4, 0.5) is 11.6 Å². The maximum absolute atomic E-state index is 5.59. The van der Waals surface area contributed by atoms with Crippen LogP contribution in [0.3, 0.4) is 0 Å². The van der Waals surface area contributed by atoms with Gasteiger partial charge in [-0.3, -0.25) is 9.97 Å². The van der Waals surface area contributed by atoms with Gasteiger partial charge in [0.1, 0.15) is 23.1 Å². The number of hydrogen-bond acceptors (Lipinski definition) is 8. The molecule has 8 heteroatoms.